The molecule has 2 saturated heterocycles. The number of hydrogen-bond acceptors (Lipinski definition) is 10. The minimum Gasteiger partial charge on any atom is -0.377 e. The maximum atomic E-state index is 15.2. The first-order valence-corrected chi connectivity index (χ1v) is 19.5. The molecule has 0 amide bonds. The molecule has 0 saturated carbocycles. The number of halogens is 1. The van der Waals surface area contributed by atoms with Crippen LogP contribution in [0.25, 0.3) is 5.57 Å². The topological polar surface area (TPSA) is 89.5 Å². The van der Waals surface area contributed by atoms with E-state index in [2.05, 4.69) is 83.1 Å². The van der Waals surface area contributed by atoms with Gasteiger partial charge in [-0.2, -0.15) is 16.9 Å². The van der Waals surface area contributed by atoms with Gasteiger partial charge in [0.1, 0.15) is 23.2 Å². The Morgan fingerprint density at radius 1 is 1.08 bits per heavy atom. The predicted octanol–water partition coefficient (Wildman–Crippen LogP) is 6.89. The van der Waals surface area contributed by atoms with Gasteiger partial charge in [0.25, 0.3) is 0 Å². The van der Waals surface area contributed by atoms with Crippen molar-refractivity contribution in [1.29, 1.82) is 0 Å². The number of imidazole rings is 1. The van der Waals surface area contributed by atoms with E-state index in [4.69, 9.17) is 20.1 Å². The molecule has 1 aliphatic carbocycles. The van der Waals surface area contributed by atoms with Crippen LogP contribution in [0.1, 0.15) is 54.7 Å². The molecule has 52 heavy (non-hydrogen) atoms. The van der Waals surface area contributed by atoms with Crippen LogP contribution in [0.3, 0.4) is 0 Å². The molecular formula is C40H47FN10S. The second-order valence-corrected chi connectivity index (χ2v) is 15.9. The van der Waals surface area contributed by atoms with Gasteiger partial charge < -0.3 is 19.7 Å². The minimum atomic E-state index is -0.380. The van der Waals surface area contributed by atoms with E-state index in [0.717, 1.165) is 89.6 Å². The number of aryl methyl sites for hydroxylation is 2. The van der Waals surface area contributed by atoms with E-state index < -0.39 is 0 Å². The van der Waals surface area contributed by atoms with E-state index >= 15 is 4.39 Å². The van der Waals surface area contributed by atoms with Crippen LogP contribution in [-0.4, -0.2) is 85.9 Å². The van der Waals surface area contributed by atoms with Crippen molar-refractivity contribution < 1.29 is 4.39 Å². The molecule has 3 unspecified atom stereocenters. The fraction of sp³-hybridized carbons (Fsp3) is 0.425. The molecular weight excluding hydrogens is 672 g/mol. The van der Waals surface area contributed by atoms with E-state index in [1.165, 1.54) is 16.9 Å². The number of thioether (sulfide) groups is 1. The van der Waals surface area contributed by atoms with Crippen LogP contribution in [-0.2, 0) is 13.0 Å². The summed E-state index contributed by atoms with van der Waals surface area (Å²) in [5, 5.41) is 14.7. The maximum absolute atomic E-state index is 15.2. The molecule has 0 radical (unpaired) electrons. The summed E-state index contributed by atoms with van der Waals surface area (Å²) in [6.07, 6.45) is 7.36. The van der Waals surface area contributed by atoms with Gasteiger partial charge in [0.05, 0.1) is 29.3 Å². The van der Waals surface area contributed by atoms with Gasteiger partial charge in [0, 0.05) is 56.0 Å². The molecule has 1 N–H and O–H groups in total. The summed E-state index contributed by atoms with van der Waals surface area (Å²) in [5.74, 6) is 5.77. The van der Waals surface area contributed by atoms with E-state index in [1.807, 2.05) is 24.8 Å². The number of likely N-dealkylation sites (tertiary alicyclic amines) is 1. The number of benzene rings is 1. The lowest BCUT2D eigenvalue weighted by atomic mass is 9.90. The lowest BCUT2D eigenvalue weighted by Crippen LogP contribution is -2.42. The van der Waals surface area contributed by atoms with Crippen LogP contribution >= 0.6 is 11.8 Å². The monoisotopic (exact) mass is 718 g/mol. The molecule has 12 heteroatoms. The fourth-order valence-electron chi connectivity index (χ4n) is 7.93. The Labute approximate surface area is 310 Å². The van der Waals surface area contributed by atoms with Gasteiger partial charge >= 0.3 is 0 Å². The first kappa shape index (κ1) is 34.4. The number of anilines is 2. The van der Waals surface area contributed by atoms with Crippen LogP contribution in [0.4, 0.5) is 15.9 Å². The van der Waals surface area contributed by atoms with Gasteiger partial charge in [-0.15, -0.1) is 10.2 Å². The lowest BCUT2D eigenvalue weighted by molar-refractivity contribution is 0.314. The van der Waals surface area contributed by atoms with E-state index in [9.17, 15) is 0 Å². The highest BCUT2D eigenvalue weighted by molar-refractivity contribution is 8.00. The van der Waals surface area contributed by atoms with Gasteiger partial charge in [0.2, 0.25) is 0 Å². The van der Waals surface area contributed by atoms with Crippen molar-refractivity contribution >= 4 is 46.7 Å². The zero-order valence-electron chi connectivity index (χ0n) is 30.5. The highest BCUT2D eigenvalue weighted by Gasteiger charge is 2.39. The standard InChI is InChI=1S/C40H47FN10S/c1-24-11-12-35(32(41)16-24)51-42-20-26(3)40(46-38(47-51)18-29-22-52-23-29)50-21-30-19-36(50)27(4)48(6)13-8-14-49-28(5)43-34-17-25(2)15-31(39(34)49)33-9-7-10-37(44-30)45-33/h7,9-12,15-16,20,25,29-30,36H,3-4,8,13-14,17-19,21-23H2,1-2,5-6H3,(H,44,45)/b42-20-,46-40?,47-38-. The number of allylic oxidation sites excluding steroid dienone is 1. The smallest absolute Gasteiger partial charge is 0.153 e. The second-order valence-electron chi connectivity index (χ2n) is 14.9. The number of fused-ring (bicyclic) bond motifs is 5. The Morgan fingerprint density at radius 3 is 2.71 bits per heavy atom. The largest absolute Gasteiger partial charge is 0.377 e. The third-order valence-electron chi connectivity index (χ3n) is 10.7. The Morgan fingerprint density at radius 2 is 1.92 bits per heavy atom. The third kappa shape index (κ3) is 6.68. The molecule has 10 nitrogen and oxygen atoms in total. The number of hydrazone groups is 2. The summed E-state index contributed by atoms with van der Waals surface area (Å²) in [4.78, 5) is 20.1. The number of likely N-dealkylation sites (N-methyl/N-ethyl adjacent to an activating group) is 1. The molecule has 5 aliphatic rings. The number of amidine groups is 2. The van der Waals surface area contributed by atoms with Crippen LogP contribution in [0.15, 0.2) is 82.1 Å². The van der Waals surface area contributed by atoms with Gasteiger partial charge in [-0.1, -0.05) is 38.3 Å². The normalized spacial score (nSPS) is 25.4. The van der Waals surface area contributed by atoms with E-state index in [1.54, 1.807) is 12.3 Å². The Kier molecular flexibility index (Phi) is 9.27. The quantitative estimate of drug-likeness (QED) is 0.316. The Bertz CT molecular complexity index is 2040. The number of nitrogens with one attached hydrogen (secondary N) is 1. The number of rotatable bonds is 3. The summed E-state index contributed by atoms with van der Waals surface area (Å²) in [7, 11) is 2.14. The van der Waals surface area contributed by atoms with Gasteiger partial charge in [0.15, 0.2) is 11.7 Å². The molecule has 1 aromatic carbocycles. The lowest BCUT2D eigenvalue weighted by Gasteiger charge is -2.34. The number of pyridine rings is 1. The average Bonchev–Trinajstić information content (AvgIpc) is 3.64. The van der Waals surface area contributed by atoms with Crippen LogP contribution < -0.4 is 10.4 Å². The minimum absolute atomic E-state index is 0.0548. The van der Waals surface area contributed by atoms with E-state index in [0.29, 0.717) is 36.2 Å². The van der Waals surface area contributed by atoms with Crippen LogP contribution in [0, 0.1) is 31.5 Å². The molecule has 3 aromatic rings. The van der Waals surface area contributed by atoms with Crippen molar-refractivity contribution in [2.45, 2.75) is 65.1 Å². The van der Waals surface area contributed by atoms with Crippen LogP contribution in [0.2, 0.25) is 0 Å². The van der Waals surface area contributed by atoms with Crippen molar-refractivity contribution in [2.75, 3.05) is 42.1 Å². The molecule has 8 rings (SSSR count). The number of aliphatic imine (C=N–C) groups is 1. The van der Waals surface area contributed by atoms with Gasteiger partial charge in [-0.25, -0.2) is 19.4 Å². The van der Waals surface area contributed by atoms with Crippen molar-refractivity contribution in [2.24, 2.45) is 27.0 Å². The van der Waals surface area contributed by atoms with Gasteiger partial charge in [-0.3, -0.25) is 0 Å². The Balaban J connectivity index is 1.16. The highest BCUT2D eigenvalue weighted by atomic mass is 32.2. The second kappa shape index (κ2) is 14.0. The molecule has 2 aromatic heterocycles. The summed E-state index contributed by atoms with van der Waals surface area (Å²) < 4.78 is 17.6. The van der Waals surface area contributed by atoms with Crippen LogP contribution in [0.5, 0.6) is 0 Å². The van der Waals surface area contributed by atoms with Crippen molar-refractivity contribution in [3.8, 4) is 0 Å². The number of nitrogens with zero attached hydrogens (tertiary/aromatic N) is 9. The van der Waals surface area contributed by atoms with Crippen molar-refractivity contribution in [1.82, 2.24) is 24.3 Å². The summed E-state index contributed by atoms with van der Waals surface area (Å²) in [6, 6.07) is 11.3. The average molecular weight is 719 g/mol. The SMILES string of the molecule is C=C1/C=N\N(c2ccc(C)cc2F)/N=C(/CC2CSC2)N=C1N1CC2CC1C(=C)N(C)CCCn1c(C)nc3c1C(=CC(C)C3)c1cccc(n1)N2. The number of aromatic nitrogens is 3. The Hall–Kier alpha value is -4.71. The first-order chi connectivity index (χ1) is 25.1. The molecule has 2 fully saturated rings. The molecule has 6 heterocycles. The van der Waals surface area contributed by atoms with Crippen molar-refractivity contribution in [3.63, 3.8) is 0 Å². The molecule has 0 spiro atoms. The third-order valence-corrected chi connectivity index (χ3v) is 12.1. The molecule has 4 aliphatic heterocycles. The summed E-state index contributed by atoms with van der Waals surface area (Å²) >= 11 is 1.92. The van der Waals surface area contributed by atoms with Crippen molar-refractivity contribution in [3.05, 3.63) is 101 Å². The highest BCUT2D eigenvalue weighted by Crippen LogP contribution is 2.36. The summed E-state index contributed by atoms with van der Waals surface area (Å²) in [6.45, 7) is 17.7. The van der Waals surface area contributed by atoms with Gasteiger partial charge in [-0.05, 0) is 86.3 Å². The zero-order chi connectivity index (χ0) is 36.1. The maximum Gasteiger partial charge on any atom is 0.153 e. The molecule has 270 valence electrons. The predicted molar refractivity (Wildman–Crippen MR) is 212 cm³/mol. The zero-order valence-corrected chi connectivity index (χ0v) is 31.3. The van der Waals surface area contributed by atoms with E-state index in [-0.39, 0.29) is 23.6 Å². The molecule has 3 atom stereocenters. The fourth-order valence-corrected chi connectivity index (χ4v) is 8.73. The first-order valence-electron chi connectivity index (χ1n) is 18.3. The number of hydrogen-bond donors (Lipinski definition) is 1. The molecule has 4 bridgehead atoms. The summed E-state index contributed by atoms with van der Waals surface area (Å²) in [5.41, 5.74) is 7.26.